The van der Waals surface area contributed by atoms with E-state index in [-0.39, 0.29) is 5.91 Å². The first-order valence-electron chi connectivity index (χ1n) is 6.72. The summed E-state index contributed by atoms with van der Waals surface area (Å²) in [6.07, 6.45) is 0. The molecule has 0 aliphatic rings. The summed E-state index contributed by atoms with van der Waals surface area (Å²) >= 11 is 0. The first-order chi connectivity index (χ1) is 9.54. The molecule has 2 aromatic rings. The molecule has 0 heterocycles. The minimum atomic E-state index is -0.0520. The van der Waals surface area contributed by atoms with Crippen molar-refractivity contribution in [3.05, 3.63) is 59.2 Å². The number of anilines is 2. The Morgan fingerprint density at radius 2 is 1.70 bits per heavy atom. The summed E-state index contributed by atoms with van der Waals surface area (Å²) in [7, 11) is 0. The summed E-state index contributed by atoms with van der Waals surface area (Å²) in [4.78, 5) is 11.2. The van der Waals surface area contributed by atoms with Crippen molar-refractivity contribution in [3.63, 3.8) is 0 Å². The zero-order valence-corrected chi connectivity index (χ0v) is 12.2. The molecule has 0 atom stereocenters. The Balaban J connectivity index is 2.12. The molecule has 3 nitrogen and oxygen atoms in total. The summed E-state index contributed by atoms with van der Waals surface area (Å²) in [5, 5.41) is 6.26. The molecule has 20 heavy (non-hydrogen) atoms. The molecule has 2 N–H and O–H groups in total. The van der Waals surface area contributed by atoms with Gasteiger partial charge in [0.25, 0.3) is 0 Å². The van der Waals surface area contributed by atoms with Crippen molar-refractivity contribution in [1.82, 2.24) is 0 Å². The van der Waals surface area contributed by atoms with Crippen LogP contribution in [0.2, 0.25) is 0 Å². The molecule has 0 unspecified atom stereocenters. The van der Waals surface area contributed by atoms with Crippen molar-refractivity contribution in [3.8, 4) is 0 Å². The van der Waals surface area contributed by atoms with Gasteiger partial charge < -0.3 is 10.6 Å². The van der Waals surface area contributed by atoms with Gasteiger partial charge in [0.2, 0.25) is 5.91 Å². The lowest BCUT2D eigenvalue weighted by Gasteiger charge is -2.12. The van der Waals surface area contributed by atoms with Gasteiger partial charge in [0, 0.05) is 24.8 Å². The molecular formula is C17H20N2O. The Labute approximate surface area is 120 Å². The van der Waals surface area contributed by atoms with Gasteiger partial charge in [-0.05, 0) is 48.7 Å². The van der Waals surface area contributed by atoms with Gasteiger partial charge in [0.05, 0.1) is 0 Å². The Morgan fingerprint density at radius 1 is 1.05 bits per heavy atom. The fourth-order valence-electron chi connectivity index (χ4n) is 2.26. The lowest BCUT2D eigenvalue weighted by molar-refractivity contribution is -0.114. The number of para-hydroxylation sites is 1. The maximum atomic E-state index is 11.2. The number of hydrogen-bond acceptors (Lipinski definition) is 2. The monoisotopic (exact) mass is 268 g/mol. The highest BCUT2D eigenvalue weighted by Crippen LogP contribution is 2.19. The standard InChI is InChI=1S/C17H20N2O/c1-12-8-13(2)10-16(9-12)18-11-15-6-4-5-7-17(15)19-14(3)20/h4-10,18H,11H2,1-3H3,(H,19,20). The molecular weight excluding hydrogens is 248 g/mol. The average Bonchev–Trinajstić information content (AvgIpc) is 2.36. The van der Waals surface area contributed by atoms with Crippen molar-refractivity contribution in [2.75, 3.05) is 10.6 Å². The zero-order chi connectivity index (χ0) is 14.5. The Hall–Kier alpha value is -2.29. The Bertz CT molecular complexity index is 600. The van der Waals surface area contributed by atoms with E-state index in [0.717, 1.165) is 16.9 Å². The van der Waals surface area contributed by atoms with Crippen molar-refractivity contribution in [2.24, 2.45) is 0 Å². The zero-order valence-electron chi connectivity index (χ0n) is 12.2. The summed E-state index contributed by atoms with van der Waals surface area (Å²) in [5.74, 6) is -0.0520. The van der Waals surface area contributed by atoms with Gasteiger partial charge in [-0.3, -0.25) is 4.79 Å². The molecule has 0 saturated heterocycles. The van der Waals surface area contributed by atoms with E-state index in [2.05, 4.69) is 42.7 Å². The van der Waals surface area contributed by atoms with Gasteiger partial charge in [-0.2, -0.15) is 0 Å². The number of carbonyl (C=O) groups excluding carboxylic acids is 1. The van der Waals surface area contributed by atoms with Crippen molar-refractivity contribution >= 4 is 17.3 Å². The molecule has 0 saturated carbocycles. The van der Waals surface area contributed by atoms with Crippen LogP contribution in [0, 0.1) is 13.8 Å². The number of nitrogens with one attached hydrogen (secondary N) is 2. The molecule has 0 spiro atoms. The van der Waals surface area contributed by atoms with Crippen LogP contribution in [0.25, 0.3) is 0 Å². The molecule has 104 valence electrons. The molecule has 0 aliphatic heterocycles. The molecule has 2 aromatic carbocycles. The van der Waals surface area contributed by atoms with Crippen LogP contribution in [0.4, 0.5) is 11.4 Å². The van der Waals surface area contributed by atoms with E-state index in [1.165, 1.54) is 18.1 Å². The maximum absolute atomic E-state index is 11.2. The minimum absolute atomic E-state index is 0.0520. The van der Waals surface area contributed by atoms with E-state index in [0.29, 0.717) is 6.54 Å². The number of amides is 1. The van der Waals surface area contributed by atoms with E-state index < -0.39 is 0 Å². The van der Waals surface area contributed by atoms with Crippen LogP contribution in [-0.2, 0) is 11.3 Å². The van der Waals surface area contributed by atoms with E-state index in [1.54, 1.807) is 0 Å². The molecule has 0 bridgehead atoms. The van der Waals surface area contributed by atoms with Crippen LogP contribution in [0.5, 0.6) is 0 Å². The largest absolute Gasteiger partial charge is 0.381 e. The van der Waals surface area contributed by atoms with Gasteiger partial charge in [-0.15, -0.1) is 0 Å². The van der Waals surface area contributed by atoms with Crippen LogP contribution in [0.1, 0.15) is 23.6 Å². The number of aryl methyl sites for hydroxylation is 2. The van der Waals surface area contributed by atoms with Gasteiger partial charge in [0.15, 0.2) is 0 Å². The first kappa shape index (κ1) is 14.1. The highest BCUT2D eigenvalue weighted by molar-refractivity contribution is 5.89. The van der Waals surface area contributed by atoms with Gasteiger partial charge >= 0.3 is 0 Å². The van der Waals surface area contributed by atoms with Crippen LogP contribution in [0.3, 0.4) is 0 Å². The maximum Gasteiger partial charge on any atom is 0.221 e. The summed E-state index contributed by atoms with van der Waals surface area (Å²) in [6, 6.07) is 14.2. The number of benzene rings is 2. The fourth-order valence-corrected chi connectivity index (χ4v) is 2.26. The number of rotatable bonds is 4. The quantitative estimate of drug-likeness (QED) is 0.883. The van der Waals surface area contributed by atoms with Gasteiger partial charge in [-0.1, -0.05) is 24.3 Å². The highest BCUT2D eigenvalue weighted by Gasteiger charge is 2.03. The van der Waals surface area contributed by atoms with Crippen molar-refractivity contribution in [1.29, 1.82) is 0 Å². The summed E-state index contributed by atoms with van der Waals surface area (Å²) in [5.41, 5.74) is 5.50. The van der Waals surface area contributed by atoms with E-state index >= 15 is 0 Å². The van der Waals surface area contributed by atoms with Gasteiger partial charge in [-0.25, -0.2) is 0 Å². The normalized spacial score (nSPS) is 10.2. The molecule has 0 fully saturated rings. The smallest absolute Gasteiger partial charge is 0.221 e. The lowest BCUT2D eigenvalue weighted by Crippen LogP contribution is -2.10. The third kappa shape index (κ3) is 3.85. The van der Waals surface area contributed by atoms with Crippen LogP contribution >= 0.6 is 0 Å². The summed E-state index contributed by atoms with van der Waals surface area (Å²) in [6.45, 7) is 6.38. The highest BCUT2D eigenvalue weighted by atomic mass is 16.1. The topological polar surface area (TPSA) is 41.1 Å². The predicted octanol–water partition coefficient (Wildman–Crippen LogP) is 3.87. The van der Waals surface area contributed by atoms with E-state index in [4.69, 9.17) is 0 Å². The molecule has 2 rings (SSSR count). The van der Waals surface area contributed by atoms with Crippen molar-refractivity contribution < 1.29 is 4.79 Å². The number of hydrogen-bond donors (Lipinski definition) is 2. The van der Waals surface area contributed by atoms with E-state index in [9.17, 15) is 4.79 Å². The summed E-state index contributed by atoms with van der Waals surface area (Å²) < 4.78 is 0. The third-order valence-corrected chi connectivity index (χ3v) is 3.03. The van der Waals surface area contributed by atoms with Crippen LogP contribution in [-0.4, -0.2) is 5.91 Å². The van der Waals surface area contributed by atoms with Crippen molar-refractivity contribution in [2.45, 2.75) is 27.3 Å². The second-order valence-electron chi connectivity index (χ2n) is 5.07. The Morgan fingerprint density at radius 3 is 2.35 bits per heavy atom. The van der Waals surface area contributed by atoms with Crippen LogP contribution < -0.4 is 10.6 Å². The molecule has 1 amide bonds. The van der Waals surface area contributed by atoms with Crippen LogP contribution in [0.15, 0.2) is 42.5 Å². The second kappa shape index (κ2) is 6.24. The molecule has 0 aliphatic carbocycles. The molecule has 3 heteroatoms. The first-order valence-corrected chi connectivity index (χ1v) is 6.72. The Kier molecular flexibility index (Phi) is 4.41. The second-order valence-corrected chi connectivity index (χ2v) is 5.07. The van der Waals surface area contributed by atoms with Gasteiger partial charge in [0.1, 0.15) is 0 Å². The average molecular weight is 268 g/mol. The third-order valence-electron chi connectivity index (χ3n) is 3.03. The predicted molar refractivity (Wildman–Crippen MR) is 84.0 cm³/mol. The minimum Gasteiger partial charge on any atom is -0.381 e. The van der Waals surface area contributed by atoms with E-state index in [1.807, 2.05) is 24.3 Å². The molecule has 0 aromatic heterocycles. The fraction of sp³-hybridized carbons (Fsp3) is 0.235. The number of carbonyl (C=O) groups is 1. The SMILES string of the molecule is CC(=O)Nc1ccccc1CNc1cc(C)cc(C)c1. The lowest BCUT2D eigenvalue weighted by atomic mass is 10.1. The molecule has 0 radical (unpaired) electrons.